The Morgan fingerprint density at radius 2 is 1.77 bits per heavy atom. The van der Waals surface area contributed by atoms with Gasteiger partial charge in [0.05, 0.1) is 61.3 Å². The molecule has 13 heteroatoms. The fourth-order valence-corrected chi connectivity index (χ4v) is 11.2. The molecule has 12 nitrogen and oxygen atoms in total. The Kier molecular flexibility index (Phi) is 11.3. The highest BCUT2D eigenvalue weighted by atomic mass is 19.1. The van der Waals surface area contributed by atoms with Crippen LogP contribution >= 0.6 is 0 Å². The molecule has 8 rings (SSSR count). The summed E-state index contributed by atoms with van der Waals surface area (Å²) in [6.45, 7) is 6.49. The molecular weight excluding hydrogens is 667 g/mol. The first kappa shape index (κ1) is 36.8. The molecule has 2 N–H and O–H groups in total. The van der Waals surface area contributed by atoms with Crippen molar-refractivity contribution in [3.8, 4) is 0 Å². The second-order valence-electron chi connectivity index (χ2n) is 17.2. The van der Waals surface area contributed by atoms with Gasteiger partial charge in [0.1, 0.15) is 6.17 Å². The largest absolute Gasteiger partial charge is 0.379 e. The molecular formula is C39H61FN6O6. The SMILES string of the molecule is CN(C)CCCCNC(=O)C1=CN2C3CC4OC5CCCCC5C4CC3OC3C(N4CC[C@@H](NC(=O)CCN5CCOCC5)C4)C(F)CC(C1=O)C32. The van der Waals surface area contributed by atoms with Gasteiger partial charge in [-0.1, -0.05) is 12.8 Å². The van der Waals surface area contributed by atoms with Crippen molar-refractivity contribution in [2.75, 3.05) is 73.1 Å². The molecule has 8 aliphatic rings. The highest BCUT2D eigenvalue weighted by Gasteiger charge is 2.62. The van der Waals surface area contributed by atoms with Gasteiger partial charge in [0.2, 0.25) is 5.91 Å². The van der Waals surface area contributed by atoms with E-state index in [0.29, 0.717) is 63.8 Å². The van der Waals surface area contributed by atoms with Gasteiger partial charge in [-0.2, -0.15) is 0 Å². The zero-order valence-electron chi connectivity index (χ0n) is 31.3. The number of fused-ring (bicyclic) bond motifs is 5. The summed E-state index contributed by atoms with van der Waals surface area (Å²) in [6.07, 6.45) is 9.81. The number of unbranched alkanes of at least 4 members (excludes halogenated alkanes) is 1. The number of hydrogen-bond acceptors (Lipinski definition) is 10. The van der Waals surface area contributed by atoms with Crippen LogP contribution in [0.5, 0.6) is 0 Å². The van der Waals surface area contributed by atoms with Gasteiger partial charge in [-0.15, -0.1) is 0 Å². The summed E-state index contributed by atoms with van der Waals surface area (Å²) in [5.74, 6) is -0.267. The maximum absolute atomic E-state index is 16.8. The second kappa shape index (κ2) is 15.9. The Bertz CT molecular complexity index is 1350. The van der Waals surface area contributed by atoms with Gasteiger partial charge >= 0.3 is 0 Å². The topological polar surface area (TPSA) is 116 Å². The zero-order valence-corrected chi connectivity index (χ0v) is 31.3. The molecule has 0 bridgehead atoms. The van der Waals surface area contributed by atoms with E-state index in [1.807, 2.05) is 20.3 Å². The van der Waals surface area contributed by atoms with Crippen LogP contribution in [0.3, 0.4) is 0 Å². The van der Waals surface area contributed by atoms with E-state index in [-0.39, 0.29) is 59.9 Å². The smallest absolute Gasteiger partial charge is 0.256 e. The molecule has 12 atom stereocenters. The fraction of sp³-hybridized carbons (Fsp3) is 0.872. The molecule has 0 aromatic heterocycles. The molecule has 52 heavy (non-hydrogen) atoms. The number of ketones is 1. The van der Waals surface area contributed by atoms with Gasteiger partial charge < -0.3 is 34.6 Å². The highest BCUT2D eigenvalue weighted by Crippen LogP contribution is 2.53. The van der Waals surface area contributed by atoms with E-state index in [0.717, 1.165) is 58.2 Å². The average Bonchev–Trinajstić information content (AvgIpc) is 3.74. The van der Waals surface area contributed by atoms with Crippen molar-refractivity contribution in [3.63, 3.8) is 0 Å². The summed E-state index contributed by atoms with van der Waals surface area (Å²) in [7, 11) is 4.06. The molecule has 290 valence electrons. The van der Waals surface area contributed by atoms with Crippen LogP contribution in [0.4, 0.5) is 4.39 Å². The lowest BCUT2D eigenvalue weighted by atomic mass is 9.67. The molecule has 11 unspecified atom stereocenters. The maximum atomic E-state index is 16.8. The number of carbonyl (C=O) groups excluding carboxylic acids is 3. The first-order valence-corrected chi connectivity index (χ1v) is 20.5. The van der Waals surface area contributed by atoms with Crippen molar-refractivity contribution in [2.45, 2.75) is 125 Å². The van der Waals surface area contributed by atoms with Crippen LogP contribution in [0.25, 0.3) is 0 Å². The molecule has 3 saturated carbocycles. The molecule has 0 aromatic rings. The standard InChI is InChI=1S/C39H61FN6O6/c1-43(2)12-6-5-11-41-39(49)28-23-46-30-21-32-26(25-7-3-4-8-31(25)51-32)20-33(30)52-38-35(46)27(37(28)48)19-29(40)36(38)45-14-9-24(22-45)42-34(47)10-13-44-15-17-50-18-16-44/h23-27,29-33,35-36,38H,3-22H2,1-2H3,(H,41,49)(H,42,47)/t24-,25?,26?,27?,29?,30?,31?,32?,33?,35?,36?,38?/m1/s1. The number of amides is 2. The van der Waals surface area contributed by atoms with E-state index in [2.05, 4.69) is 30.2 Å². The Hall–Kier alpha value is -2.16. The van der Waals surface area contributed by atoms with Gasteiger partial charge in [-0.05, 0) is 83.8 Å². The Balaban J connectivity index is 0.997. The minimum absolute atomic E-state index is 0.0323. The monoisotopic (exact) mass is 728 g/mol. The fourth-order valence-electron chi connectivity index (χ4n) is 11.2. The molecule has 4 saturated heterocycles. The first-order chi connectivity index (χ1) is 25.2. The number of nitrogens with zero attached hydrogens (tertiary/aromatic N) is 4. The number of ether oxygens (including phenoxy) is 3. The van der Waals surface area contributed by atoms with Crippen LogP contribution in [-0.4, -0.2) is 165 Å². The van der Waals surface area contributed by atoms with Crippen molar-refractivity contribution < 1.29 is 33.0 Å². The quantitative estimate of drug-likeness (QED) is 0.241. The van der Waals surface area contributed by atoms with E-state index in [4.69, 9.17) is 14.2 Å². The molecule has 7 fully saturated rings. The lowest BCUT2D eigenvalue weighted by Gasteiger charge is -2.61. The highest BCUT2D eigenvalue weighted by molar-refractivity contribution is 6.20. The maximum Gasteiger partial charge on any atom is 0.256 e. The van der Waals surface area contributed by atoms with Crippen molar-refractivity contribution in [1.82, 2.24) is 30.2 Å². The van der Waals surface area contributed by atoms with Crippen molar-refractivity contribution in [3.05, 3.63) is 11.8 Å². The summed E-state index contributed by atoms with van der Waals surface area (Å²) in [6, 6.07) is -0.946. The number of hydrogen-bond donors (Lipinski definition) is 2. The second-order valence-corrected chi connectivity index (χ2v) is 17.2. The van der Waals surface area contributed by atoms with Gasteiger partial charge in [-0.25, -0.2) is 4.39 Å². The molecule has 0 spiro atoms. The van der Waals surface area contributed by atoms with E-state index >= 15 is 4.39 Å². The van der Waals surface area contributed by atoms with Crippen LogP contribution in [-0.2, 0) is 28.6 Å². The van der Waals surface area contributed by atoms with Crippen molar-refractivity contribution in [1.29, 1.82) is 0 Å². The van der Waals surface area contributed by atoms with E-state index < -0.39 is 24.2 Å². The molecule has 5 aliphatic heterocycles. The van der Waals surface area contributed by atoms with Gasteiger partial charge in [0.15, 0.2) is 5.78 Å². The molecule has 0 aromatic carbocycles. The minimum atomic E-state index is -1.29. The molecule has 0 radical (unpaired) electrons. The predicted octanol–water partition coefficient (Wildman–Crippen LogP) is 1.72. The summed E-state index contributed by atoms with van der Waals surface area (Å²) < 4.78 is 36.0. The Labute approximate surface area is 308 Å². The van der Waals surface area contributed by atoms with Gasteiger partial charge in [0, 0.05) is 63.8 Å². The summed E-state index contributed by atoms with van der Waals surface area (Å²) in [4.78, 5) is 49.6. The zero-order chi connectivity index (χ0) is 35.9. The van der Waals surface area contributed by atoms with Crippen LogP contribution < -0.4 is 10.6 Å². The van der Waals surface area contributed by atoms with Crippen LogP contribution in [0.2, 0.25) is 0 Å². The third-order valence-corrected chi connectivity index (χ3v) is 13.7. The Morgan fingerprint density at radius 1 is 0.942 bits per heavy atom. The van der Waals surface area contributed by atoms with E-state index in [9.17, 15) is 14.4 Å². The van der Waals surface area contributed by atoms with E-state index in [1.165, 1.54) is 19.3 Å². The molecule has 5 heterocycles. The number of carbonyl (C=O) groups is 3. The van der Waals surface area contributed by atoms with Crippen LogP contribution in [0.15, 0.2) is 11.8 Å². The first-order valence-electron chi connectivity index (χ1n) is 20.5. The summed E-state index contributed by atoms with van der Waals surface area (Å²) in [5.41, 5.74) is 0.156. The summed E-state index contributed by atoms with van der Waals surface area (Å²) in [5, 5.41) is 6.24. The molecule has 3 aliphatic carbocycles. The number of likely N-dealkylation sites (tertiary alicyclic amines) is 1. The van der Waals surface area contributed by atoms with Crippen molar-refractivity contribution in [2.24, 2.45) is 17.8 Å². The number of nitrogens with one attached hydrogen (secondary N) is 2. The predicted molar refractivity (Wildman–Crippen MR) is 192 cm³/mol. The average molecular weight is 729 g/mol. The van der Waals surface area contributed by atoms with Crippen LogP contribution in [0.1, 0.15) is 70.6 Å². The minimum Gasteiger partial charge on any atom is -0.379 e. The van der Waals surface area contributed by atoms with Gasteiger partial charge in [-0.3, -0.25) is 24.2 Å². The van der Waals surface area contributed by atoms with Crippen LogP contribution in [0, 0.1) is 17.8 Å². The normalized spacial score (nSPS) is 40.4. The number of morpholine rings is 2. The third-order valence-electron chi connectivity index (χ3n) is 13.7. The summed E-state index contributed by atoms with van der Waals surface area (Å²) >= 11 is 0. The van der Waals surface area contributed by atoms with Gasteiger partial charge in [0.25, 0.3) is 5.91 Å². The lowest BCUT2D eigenvalue weighted by Crippen LogP contribution is -2.73. The van der Waals surface area contributed by atoms with E-state index in [1.54, 1.807) is 0 Å². The van der Waals surface area contributed by atoms with Crippen molar-refractivity contribution >= 4 is 17.6 Å². The Morgan fingerprint density at radius 3 is 2.60 bits per heavy atom. The number of alkyl halides is 1. The number of halogens is 1. The third kappa shape index (κ3) is 7.43. The molecule has 2 amide bonds. The lowest BCUT2D eigenvalue weighted by molar-refractivity contribution is -0.220. The number of rotatable bonds is 11. The number of Topliss-reactive ketones (excluding diaryl/α,β-unsaturated/α-hetero) is 1.